The third kappa shape index (κ3) is 6.86. The first kappa shape index (κ1) is 24.3. The predicted octanol–water partition coefficient (Wildman–Crippen LogP) is 3.70. The summed E-state index contributed by atoms with van der Waals surface area (Å²) >= 11 is 0. The number of hydrogen-bond donors (Lipinski definition) is 0. The first-order valence-electron chi connectivity index (χ1n) is 12.7. The second-order valence-corrected chi connectivity index (χ2v) is 9.16. The fourth-order valence-corrected chi connectivity index (χ4v) is 4.91. The van der Waals surface area contributed by atoms with Crippen molar-refractivity contribution >= 4 is 11.7 Å². The van der Waals surface area contributed by atoms with Crippen LogP contribution in [0.5, 0.6) is 11.5 Å². The third-order valence-corrected chi connectivity index (χ3v) is 6.68. The van der Waals surface area contributed by atoms with Gasteiger partial charge in [0.25, 0.3) is 0 Å². The van der Waals surface area contributed by atoms with Crippen LogP contribution in [-0.2, 0) is 4.79 Å². The van der Waals surface area contributed by atoms with Gasteiger partial charge in [0.1, 0.15) is 5.82 Å². The summed E-state index contributed by atoms with van der Waals surface area (Å²) in [5.74, 6) is 3.40. The van der Waals surface area contributed by atoms with E-state index in [4.69, 9.17) is 9.47 Å². The van der Waals surface area contributed by atoms with Gasteiger partial charge in [0.15, 0.2) is 11.5 Å². The highest BCUT2D eigenvalue weighted by atomic mass is 16.5. The van der Waals surface area contributed by atoms with Gasteiger partial charge in [0, 0.05) is 58.4 Å². The molecule has 7 heteroatoms. The minimum atomic E-state index is 0.256. The Morgan fingerprint density at radius 3 is 2.50 bits per heavy atom. The Morgan fingerprint density at radius 1 is 1.00 bits per heavy atom. The van der Waals surface area contributed by atoms with Crippen molar-refractivity contribution in [3.8, 4) is 11.5 Å². The van der Waals surface area contributed by atoms with Gasteiger partial charge >= 0.3 is 0 Å². The topological polar surface area (TPSA) is 58.1 Å². The van der Waals surface area contributed by atoms with Crippen LogP contribution in [0, 0.1) is 5.92 Å². The molecule has 3 heterocycles. The number of anilines is 1. The first-order chi connectivity index (χ1) is 16.7. The van der Waals surface area contributed by atoms with Gasteiger partial charge in [-0.3, -0.25) is 9.69 Å². The molecule has 2 aromatic rings. The Hall–Kier alpha value is -2.80. The highest BCUT2D eigenvalue weighted by molar-refractivity contribution is 5.76. The number of piperidine rings is 1. The van der Waals surface area contributed by atoms with Gasteiger partial charge in [-0.15, -0.1) is 0 Å². The van der Waals surface area contributed by atoms with Crippen LogP contribution < -0.4 is 14.4 Å². The molecule has 2 saturated heterocycles. The SMILES string of the molecule is CCOc1ccccc1OCCCC(=O)N1CCCC(CN2CCN(c3ccccn3)CC2)C1. The summed E-state index contributed by atoms with van der Waals surface area (Å²) in [6.45, 7) is 10.1. The zero-order valence-corrected chi connectivity index (χ0v) is 20.4. The molecule has 0 spiro atoms. The van der Waals surface area contributed by atoms with E-state index >= 15 is 0 Å². The average molecular weight is 467 g/mol. The van der Waals surface area contributed by atoms with E-state index in [1.807, 2.05) is 49.5 Å². The molecule has 1 aromatic carbocycles. The van der Waals surface area contributed by atoms with E-state index in [1.54, 1.807) is 0 Å². The molecule has 2 aliphatic heterocycles. The van der Waals surface area contributed by atoms with E-state index in [0.717, 1.165) is 76.0 Å². The second-order valence-electron chi connectivity index (χ2n) is 9.16. The van der Waals surface area contributed by atoms with E-state index in [9.17, 15) is 4.79 Å². The van der Waals surface area contributed by atoms with Gasteiger partial charge in [-0.2, -0.15) is 0 Å². The van der Waals surface area contributed by atoms with E-state index in [2.05, 4.69) is 25.8 Å². The summed E-state index contributed by atoms with van der Waals surface area (Å²) in [6.07, 6.45) is 5.42. The van der Waals surface area contributed by atoms with Crippen LogP contribution in [-0.4, -0.2) is 79.7 Å². The lowest BCUT2D eigenvalue weighted by Crippen LogP contribution is -2.50. The molecule has 34 heavy (non-hydrogen) atoms. The van der Waals surface area contributed by atoms with Crippen molar-refractivity contribution in [3.63, 3.8) is 0 Å². The van der Waals surface area contributed by atoms with Crippen molar-refractivity contribution in [2.45, 2.75) is 32.6 Å². The largest absolute Gasteiger partial charge is 0.490 e. The average Bonchev–Trinajstić information content (AvgIpc) is 2.89. The van der Waals surface area contributed by atoms with Crippen molar-refractivity contribution in [3.05, 3.63) is 48.7 Å². The lowest BCUT2D eigenvalue weighted by Gasteiger charge is -2.39. The van der Waals surface area contributed by atoms with E-state index in [0.29, 0.717) is 25.6 Å². The van der Waals surface area contributed by atoms with Crippen LogP contribution in [0.3, 0.4) is 0 Å². The highest BCUT2D eigenvalue weighted by Gasteiger charge is 2.26. The molecule has 4 rings (SSSR count). The van der Waals surface area contributed by atoms with Crippen molar-refractivity contribution in [1.82, 2.24) is 14.8 Å². The van der Waals surface area contributed by atoms with E-state index in [1.165, 1.54) is 6.42 Å². The molecule has 1 amide bonds. The lowest BCUT2D eigenvalue weighted by atomic mass is 9.96. The number of rotatable bonds is 10. The Morgan fingerprint density at radius 2 is 1.76 bits per heavy atom. The summed E-state index contributed by atoms with van der Waals surface area (Å²) in [6, 6.07) is 13.8. The fraction of sp³-hybridized carbons (Fsp3) is 0.556. The number of aromatic nitrogens is 1. The molecule has 0 N–H and O–H groups in total. The van der Waals surface area contributed by atoms with Gasteiger partial charge in [-0.1, -0.05) is 18.2 Å². The Labute approximate surface area is 203 Å². The number of pyridine rings is 1. The molecule has 1 aromatic heterocycles. The number of piperazine rings is 1. The third-order valence-electron chi connectivity index (χ3n) is 6.68. The summed E-state index contributed by atoms with van der Waals surface area (Å²) in [5, 5.41) is 0. The molecule has 1 atom stereocenters. The van der Waals surface area contributed by atoms with E-state index < -0.39 is 0 Å². The number of amides is 1. The van der Waals surface area contributed by atoms with Crippen LogP contribution in [0.1, 0.15) is 32.6 Å². The molecule has 184 valence electrons. The Balaban J connectivity index is 1.16. The Bertz CT molecular complexity index is 886. The number of nitrogens with zero attached hydrogens (tertiary/aromatic N) is 4. The van der Waals surface area contributed by atoms with Crippen LogP contribution in [0.2, 0.25) is 0 Å². The highest BCUT2D eigenvalue weighted by Crippen LogP contribution is 2.26. The molecule has 1 unspecified atom stereocenters. The molecule has 0 aliphatic carbocycles. The summed E-state index contributed by atoms with van der Waals surface area (Å²) < 4.78 is 11.5. The molecule has 2 fully saturated rings. The summed E-state index contributed by atoms with van der Waals surface area (Å²) in [4.78, 5) is 24.3. The molecular weight excluding hydrogens is 428 g/mol. The van der Waals surface area contributed by atoms with Gasteiger partial charge in [-0.05, 0) is 56.4 Å². The molecule has 0 radical (unpaired) electrons. The van der Waals surface area contributed by atoms with Crippen molar-refractivity contribution in [2.75, 3.05) is 63.9 Å². The summed E-state index contributed by atoms with van der Waals surface area (Å²) in [7, 11) is 0. The van der Waals surface area contributed by atoms with Crippen LogP contribution >= 0.6 is 0 Å². The van der Waals surface area contributed by atoms with Gasteiger partial charge in [0.2, 0.25) is 5.91 Å². The quantitative estimate of drug-likeness (QED) is 0.498. The molecule has 0 bridgehead atoms. The fourth-order valence-electron chi connectivity index (χ4n) is 4.91. The lowest BCUT2D eigenvalue weighted by molar-refractivity contribution is -0.133. The second kappa shape index (κ2) is 12.6. The number of benzene rings is 1. The van der Waals surface area contributed by atoms with Crippen molar-refractivity contribution in [1.29, 1.82) is 0 Å². The van der Waals surface area contributed by atoms with Crippen LogP contribution in [0.4, 0.5) is 5.82 Å². The number of likely N-dealkylation sites (tertiary alicyclic amines) is 1. The molecular formula is C27H38N4O3. The molecule has 2 aliphatic rings. The minimum Gasteiger partial charge on any atom is -0.490 e. The maximum atomic E-state index is 12.8. The smallest absolute Gasteiger partial charge is 0.222 e. The van der Waals surface area contributed by atoms with Crippen LogP contribution in [0.25, 0.3) is 0 Å². The number of ether oxygens (including phenoxy) is 2. The number of hydrogen-bond acceptors (Lipinski definition) is 6. The minimum absolute atomic E-state index is 0.256. The zero-order chi connectivity index (χ0) is 23.6. The maximum absolute atomic E-state index is 12.8. The molecule has 7 nitrogen and oxygen atoms in total. The molecule has 0 saturated carbocycles. The van der Waals surface area contributed by atoms with Crippen LogP contribution in [0.15, 0.2) is 48.7 Å². The van der Waals surface area contributed by atoms with Crippen molar-refractivity contribution < 1.29 is 14.3 Å². The Kier molecular flexibility index (Phi) is 9.02. The van der Waals surface area contributed by atoms with E-state index in [-0.39, 0.29) is 5.91 Å². The predicted molar refractivity (Wildman–Crippen MR) is 135 cm³/mol. The van der Waals surface area contributed by atoms with Crippen molar-refractivity contribution in [2.24, 2.45) is 5.92 Å². The number of carbonyl (C=O) groups is 1. The standard InChI is InChI=1S/C27H38N4O3/c1-2-33-24-10-3-4-11-25(24)34-20-8-13-27(32)31-15-7-9-23(22-31)21-29-16-18-30(19-17-29)26-12-5-6-14-28-26/h3-6,10-12,14,23H,2,7-9,13,15-22H2,1H3. The van der Waals surface area contributed by atoms with Gasteiger partial charge in [-0.25, -0.2) is 4.98 Å². The first-order valence-corrected chi connectivity index (χ1v) is 12.7. The van der Waals surface area contributed by atoms with Gasteiger partial charge < -0.3 is 19.3 Å². The maximum Gasteiger partial charge on any atom is 0.222 e. The zero-order valence-electron chi connectivity index (χ0n) is 20.4. The monoisotopic (exact) mass is 466 g/mol. The summed E-state index contributed by atoms with van der Waals surface area (Å²) in [5.41, 5.74) is 0. The number of para-hydroxylation sites is 2. The normalized spacial score (nSPS) is 19.1. The van der Waals surface area contributed by atoms with Gasteiger partial charge in [0.05, 0.1) is 13.2 Å². The number of carbonyl (C=O) groups excluding carboxylic acids is 1.